The molecule has 4 aromatic rings. The van der Waals surface area contributed by atoms with Crippen LogP contribution >= 0.6 is 23.4 Å². The van der Waals surface area contributed by atoms with E-state index in [-0.39, 0.29) is 21.7 Å². The number of oxazole rings is 1. The van der Waals surface area contributed by atoms with E-state index in [4.69, 9.17) is 16.0 Å². The number of alkyl halides is 3. The van der Waals surface area contributed by atoms with Gasteiger partial charge in [-0.1, -0.05) is 84.0 Å². The normalized spacial score (nSPS) is 11.4. The van der Waals surface area contributed by atoms with Crippen LogP contribution in [0.25, 0.3) is 22.6 Å². The van der Waals surface area contributed by atoms with E-state index in [1.54, 1.807) is 0 Å². The number of nitrogens with zero attached hydrogens (tertiary/aromatic N) is 1. The summed E-state index contributed by atoms with van der Waals surface area (Å²) in [6.45, 7) is 0. The van der Waals surface area contributed by atoms with Gasteiger partial charge in [0.1, 0.15) is 5.69 Å². The SMILES string of the molecule is O=C(CSc1nc(-c2ccccc2)c(-c2ccccc2)o1)Nc1ccc(Cl)cc1C(F)(F)F. The Bertz CT molecular complexity index is 1200. The number of benzene rings is 3. The molecule has 0 aliphatic rings. The van der Waals surface area contributed by atoms with Crippen molar-refractivity contribution < 1.29 is 22.4 Å². The average molecular weight is 489 g/mol. The van der Waals surface area contributed by atoms with Crippen LogP contribution in [0.2, 0.25) is 5.02 Å². The Hall–Kier alpha value is -3.23. The monoisotopic (exact) mass is 488 g/mol. The van der Waals surface area contributed by atoms with Crippen LogP contribution in [0.1, 0.15) is 5.56 Å². The lowest BCUT2D eigenvalue weighted by Crippen LogP contribution is -2.18. The molecule has 1 amide bonds. The summed E-state index contributed by atoms with van der Waals surface area (Å²) < 4.78 is 45.7. The second kappa shape index (κ2) is 9.72. The molecule has 0 aliphatic carbocycles. The summed E-state index contributed by atoms with van der Waals surface area (Å²) in [5, 5.41) is 2.45. The third-order valence-electron chi connectivity index (χ3n) is 4.58. The molecule has 0 saturated heterocycles. The Morgan fingerprint density at radius 3 is 2.24 bits per heavy atom. The largest absolute Gasteiger partial charge is 0.431 e. The number of nitrogens with one attached hydrogen (secondary N) is 1. The zero-order valence-electron chi connectivity index (χ0n) is 16.9. The molecule has 0 spiro atoms. The van der Waals surface area contributed by atoms with Crippen molar-refractivity contribution in [3.63, 3.8) is 0 Å². The van der Waals surface area contributed by atoms with Gasteiger partial charge in [0.05, 0.1) is 17.0 Å². The fourth-order valence-corrected chi connectivity index (χ4v) is 3.91. The van der Waals surface area contributed by atoms with Crippen LogP contribution in [0.4, 0.5) is 18.9 Å². The van der Waals surface area contributed by atoms with E-state index in [1.165, 1.54) is 6.07 Å². The summed E-state index contributed by atoms with van der Waals surface area (Å²) in [6, 6.07) is 22.0. The zero-order valence-corrected chi connectivity index (χ0v) is 18.5. The van der Waals surface area contributed by atoms with Gasteiger partial charge in [0.2, 0.25) is 5.91 Å². The lowest BCUT2D eigenvalue weighted by molar-refractivity contribution is -0.137. The van der Waals surface area contributed by atoms with E-state index in [1.807, 2.05) is 60.7 Å². The highest BCUT2D eigenvalue weighted by atomic mass is 35.5. The molecule has 1 N–H and O–H groups in total. The van der Waals surface area contributed by atoms with E-state index in [0.717, 1.165) is 35.0 Å². The topological polar surface area (TPSA) is 55.1 Å². The number of halogens is 4. The summed E-state index contributed by atoms with van der Waals surface area (Å²) in [7, 11) is 0. The maximum atomic E-state index is 13.3. The standard InChI is InChI=1S/C24H16ClF3N2O2S/c25-17-11-12-19(18(13-17)24(26,27)28)29-20(31)14-33-23-30-21(15-7-3-1-4-8-15)22(32-23)16-9-5-2-6-10-16/h1-13H,14H2,(H,29,31). The second-order valence-electron chi connectivity index (χ2n) is 6.91. The molecule has 0 radical (unpaired) electrons. The smallest absolute Gasteiger partial charge is 0.418 e. The van der Waals surface area contributed by atoms with Gasteiger partial charge in [0.25, 0.3) is 5.22 Å². The molecule has 3 aromatic carbocycles. The van der Waals surface area contributed by atoms with Crippen molar-refractivity contribution in [1.29, 1.82) is 0 Å². The first kappa shape index (κ1) is 22.9. The molecule has 0 bridgehead atoms. The first-order valence-corrected chi connectivity index (χ1v) is 11.1. The number of carbonyl (C=O) groups is 1. The Labute approximate surface area is 196 Å². The van der Waals surface area contributed by atoms with Crippen molar-refractivity contribution in [3.05, 3.63) is 89.4 Å². The molecule has 0 fully saturated rings. The molecular weight excluding hydrogens is 473 g/mol. The highest BCUT2D eigenvalue weighted by Gasteiger charge is 2.34. The number of carbonyl (C=O) groups excluding carboxylic acids is 1. The van der Waals surface area contributed by atoms with E-state index in [2.05, 4.69) is 10.3 Å². The van der Waals surface area contributed by atoms with Gasteiger partial charge in [-0.05, 0) is 18.2 Å². The molecule has 9 heteroatoms. The van der Waals surface area contributed by atoms with Crippen molar-refractivity contribution in [2.24, 2.45) is 0 Å². The van der Waals surface area contributed by atoms with E-state index in [9.17, 15) is 18.0 Å². The summed E-state index contributed by atoms with van der Waals surface area (Å²) in [5.41, 5.74) is 0.896. The van der Waals surface area contributed by atoms with Gasteiger partial charge < -0.3 is 9.73 Å². The molecule has 0 aliphatic heterocycles. The highest BCUT2D eigenvalue weighted by molar-refractivity contribution is 7.99. The van der Waals surface area contributed by atoms with Crippen molar-refractivity contribution in [2.75, 3.05) is 11.1 Å². The first-order valence-electron chi connectivity index (χ1n) is 9.72. The van der Waals surface area contributed by atoms with Gasteiger partial charge in [0, 0.05) is 16.1 Å². The molecule has 33 heavy (non-hydrogen) atoms. The van der Waals surface area contributed by atoms with Crippen LogP contribution in [0, 0.1) is 0 Å². The summed E-state index contributed by atoms with van der Waals surface area (Å²) in [6.07, 6.45) is -4.65. The van der Waals surface area contributed by atoms with Crippen LogP contribution in [0.5, 0.6) is 0 Å². The van der Waals surface area contributed by atoms with E-state index >= 15 is 0 Å². The number of hydrogen-bond acceptors (Lipinski definition) is 4. The summed E-state index contributed by atoms with van der Waals surface area (Å²) in [5.74, 6) is -0.279. The quantitative estimate of drug-likeness (QED) is 0.287. The number of anilines is 1. The Morgan fingerprint density at radius 2 is 1.61 bits per heavy atom. The van der Waals surface area contributed by atoms with Gasteiger partial charge in [-0.3, -0.25) is 4.79 Å². The molecule has 0 atom stereocenters. The highest BCUT2D eigenvalue weighted by Crippen LogP contribution is 2.37. The van der Waals surface area contributed by atoms with Crippen LogP contribution in [0.15, 0.2) is 88.5 Å². The Morgan fingerprint density at radius 1 is 0.970 bits per heavy atom. The van der Waals surface area contributed by atoms with Crippen molar-refractivity contribution in [2.45, 2.75) is 11.4 Å². The summed E-state index contributed by atoms with van der Waals surface area (Å²) in [4.78, 5) is 16.9. The fraction of sp³-hybridized carbons (Fsp3) is 0.0833. The number of hydrogen-bond donors (Lipinski definition) is 1. The Kier molecular flexibility index (Phi) is 6.76. The lowest BCUT2D eigenvalue weighted by atomic mass is 10.1. The van der Waals surface area contributed by atoms with Gasteiger partial charge >= 0.3 is 6.18 Å². The van der Waals surface area contributed by atoms with Crippen LogP contribution in [0.3, 0.4) is 0 Å². The number of amides is 1. The molecule has 1 aromatic heterocycles. The molecular formula is C24H16ClF3N2O2S. The van der Waals surface area contributed by atoms with Crippen LogP contribution < -0.4 is 5.32 Å². The second-order valence-corrected chi connectivity index (χ2v) is 8.28. The van der Waals surface area contributed by atoms with Gasteiger partial charge in [-0.15, -0.1) is 0 Å². The van der Waals surface area contributed by atoms with Gasteiger partial charge in [0.15, 0.2) is 5.76 Å². The molecule has 4 rings (SSSR count). The van der Waals surface area contributed by atoms with Crippen molar-refractivity contribution >= 4 is 35.0 Å². The Balaban J connectivity index is 1.54. The molecule has 0 unspecified atom stereocenters. The van der Waals surface area contributed by atoms with E-state index < -0.39 is 17.6 Å². The van der Waals surface area contributed by atoms with Crippen LogP contribution in [-0.2, 0) is 11.0 Å². The molecule has 0 saturated carbocycles. The predicted octanol–water partition coefficient (Wildman–Crippen LogP) is 7.41. The van der Waals surface area contributed by atoms with Gasteiger partial charge in [-0.25, -0.2) is 4.98 Å². The van der Waals surface area contributed by atoms with Gasteiger partial charge in [-0.2, -0.15) is 13.2 Å². The average Bonchev–Trinajstić information content (AvgIpc) is 3.24. The third kappa shape index (κ3) is 5.58. The first-order chi connectivity index (χ1) is 15.8. The molecule has 4 nitrogen and oxygen atoms in total. The van der Waals surface area contributed by atoms with Crippen molar-refractivity contribution in [1.82, 2.24) is 4.98 Å². The minimum Gasteiger partial charge on any atom is -0.431 e. The van der Waals surface area contributed by atoms with Crippen molar-refractivity contribution in [3.8, 4) is 22.6 Å². The summed E-state index contributed by atoms with van der Waals surface area (Å²) >= 11 is 6.67. The maximum Gasteiger partial charge on any atom is 0.418 e. The zero-order chi connectivity index (χ0) is 23.4. The van der Waals surface area contributed by atoms with E-state index in [0.29, 0.717) is 11.5 Å². The predicted molar refractivity (Wildman–Crippen MR) is 123 cm³/mol. The fourth-order valence-electron chi connectivity index (χ4n) is 3.11. The molecule has 1 heterocycles. The minimum absolute atomic E-state index is 0.0728. The van der Waals surface area contributed by atoms with Crippen LogP contribution in [-0.4, -0.2) is 16.6 Å². The number of rotatable bonds is 6. The lowest BCUT2D eigenvalue weighted by Gasteiger charge is -2.13. The maximum absolute atomic E-state index is 13.3. The third-order valence-corrected chi connectivity index (χ3v) is 5.64. The minimum atomic E-state index is -4.65. The molecule has 168 valence electrons. The number of aromatic nitrogens is 1. The number of thioether (sulfide) groups is 1.